The maximum atomic E-state index is 13.8. The molecule has 1 N–H and O–H groups in total. The molecule has 112 valence electrons. The van der Waals surface area contributed by atoms with Gasteiger partial charge in [0.15, 0.2) is 0 Å². The number of hydrogen-bond acceptors (Lipinski definition) is 3. The fourth-order valence-corrected chi connectivity index (χ4v) is 4.05. The average molecular weight is 301 g/mol. The summed E-state index contributed by atoms with van der Waals surface area (Å²) in [6, 6.07) is 4.07. The molecule has 1 atom stereocenters. The Hall–Kier alpha value is -0.980. The van der Waals surface area contributed by atoms with Crippen molar-refractivity contribution in [3.05, 3.63) is 29.6 Å². The second-order valence-corrected chi connectivity index (χ2v) is 7.59. The molecular weight excluding hydrogens is 281 g/mol. The number of hydrogen-bond donors (Lipinski definition) is 1. The lowest BCUT2D eigenvalue weighted by molar-refractivity contribution is 0.0465. The molecule has 0 spiro atoms. The zero-order valence-corrected chi connectivity index (χ0v) is 12.6. The van der Waals surface area contributed by atoms with Crippen LogP contribution >= 0.6 is 0 Å². The van der Waals surface area contributed by atoms with Crippen LogP contribution in [-0.4, -0.2) is 36.5 Å². The van der Waals surface area contributed by atoms with E-state index in [-0.39, 0.29) is 11.4 Å². The van der Waals surface area contributed by atoms with Gasteiger partial charge in [-0.15, -0.1) is 0 Å². The fraction of sp³-hybridized carbons (Fsp3) is 0.571. The highest BCUT2D eigenvalue weighted by Crippen LogP contribution is 2.27. The molecule has 0 amide bonds. The van der Waals surface area contributed by atoms with Crippen LogP contribution in [0.3, 0.4) is 0 Å². The summed E-state index contributed by atoms with van der Waals surface area (Å²) in [7, 11) is -3.84. The highest BCUT2D eigenvalue weighted by Gasteiger charge is 2.32. The minimum Gasteiger partial charge on any atom is -0.390 e. The highest BCUT2D eigenvalue weighted by molar-refractivity contribution is 7.89. The normalized spacial score (nSPS) is 25.4. The standard InChI is InChI=1S/C14H20FNO3S/c1-11-4-5-12(15)13(10-11)20(18,19)16-8-3-6-14(2,17)7-9-16/h4-5,10,17H,3,6-9H2,1-2H3. The van der Waals surface area contributed by atoms with Crippen LogP contribution < -0.4 is 0 Å². The summed E-state index contributed by atoms with van der Waals surface area (Å²) >= 11 is 0. The Labute approximate surface area is 119 Å². The molecule has 2 rings (SSSR count). The van der Waals surface area contributed by atoms with Gasteiger partial charge >= 0.3 is 0 Å². The summed E-state index contributed by atoms with van der Waals surface area (Å²) in [6.07, 6.45) is 1.48. The first-order valence-electron chi connectivity index (χ1n) is 6.71. The molecule has 1 aromatic rings. The van der Waals surface area contributed by atoms with Gasteiger partial charge in [-0.05, 0) is 50.8 Å². The molecule has 0 bridgehead atoms. The minimum absolute atomic E-state index is 0.211. The molecule has 6 heteroatoms. The van der Waals surface area contributed by atoms with Gasteiger partial charge in [-0.3, -0.25) is 0 Å². The first kappa shape index (κ1) is 15.4. The zero-order valence-electron chi connectivity index (χ0n) is 11.8. The van der Waals surface area contributed by atoms with Crippen molar-refractivity contribution >= 4 is 10.0 Å². The molecule has 0 aromatic heterocycles. The highest BCUT2D eigenvalue weighted by atomic mass is 32.2. The van der Waals surface area contributed by atoms with Crippen molar-refractivity contribution in [2.24, 2.45) is 0 Å². The van der Waals surface area contributed by atoms with E-state index < -0.39 is 21.4 Å². The fourth-order valence-electron chi connectivity index (χ4n) is 2.43. The Bertz CT molecular complexity index is 598. The lowest BCUT2D eigenvalue weighted by atomic mass is 9.98. The molecule has 0 radical (unpaired) electrons. The SMILES string of the molecule is Cc1ccc(F)c(S(=O)(=O)N2CCCC(C)(O)CC2)c1. The van der Waals surface area contributed by atoms with Gasteiger partial charge in [-0.1, -0.05) is 6.07 Å². The van der Waals surface area contributed by atoms with Gasteiger partial charge in [-0.2, -0.15) is 4.31 Å². The third-order valence-corrected chi connectivity index (χ3v) is 5.64. The molecule has 1 aliphatic rings. The number of benzene rings is 1. The number of aryl methyl sites for hydroxylation is 1. The van der Waals surface area contributed by atoms with E-state index in [9.17, 15) is 17.9 Å². The van der Waals surface area contributed by atoms with E-state index in [0.717, 1.165) is 0 Å². The van der Waals surface area contributed by atoms with Gasteiger partial charge in [0.05, 0.1) is 5.60 Å². The van der Waals surface area contributed by atoms with Gasteiger partial charge in [0.2, 0.25) is 10.0 Å². The van der Waals surface area contributed by atoms with Crippen LogP contribution in [0.5, 0.6) is 0 Å². The average Bonchev–Trinajstić information content (AvgIpc) is 2.53. The lowest BCUT2D eigenvalue weighted by Gasteiger charge is -2.22. The van der Waals surface area contributed by atoms with E-state index in [1.54, 1.807) is 19.9 Å². The maximum Gasteiger partial charge on any atom is 0.245 e. The summed E-state index contributed by atoms with van der Waals surface area (Å²) in [4.78, 5) is -0.279. The quantitative estimate of drug-likeness (QED) is 0.909. The van der Waals surface area contributed by atoms with E-state index in [1.807, 2.05) is 0 Å². The third-order valence-electron chi connectivity index (χ3n) is 3.73. The molecule has 4 nitrogen and oxygen atoms in total. The summed E-state index contributed by atoms with van der Waals surface area (Å²) in [6.45, 7) is 3.95. The van der Waals surface area contributed by atoms with Crippen molar-refractivity contribution in [1.82, 2.24) is 4.31 Å². The molecule has 1 fully saturated rings. The molecule has 1 heterocycles. The second-order valence-electron chi connectivity index (χ2n) is 5.69. The molecule has 0 aliphatic carbocycles. The Morgan fingerprint density at radius 2 is 2.00 bits per heavy atom. The van der Waals surface area contributed by atoms with Gasteiger partial charge < -0.3 is 5.11 Å². The van der Waals surface area contributed by atoms with Gasteiger partial charge in [-0.25, -0.2) is 12.8 Å². The summed E-state index contributed by atoms with van der Waals surface area (Å²) < 4.78 is 40.1. The molecule has 1 unspecified atom stereocenters. The van der Waals surface area contributed by atoms with E-state index >= 15 is 0 Å². The Morgan fingerprint density at radius 3 is 2.70 bits per heavy atom. The summed E-state index contributed by atoms with van der Waals surface area (Å²) in [5, 5.41) is 10.0. The van der Waals surface area contributed by atoms with Crippen LogP contribution in [0.2, 0.25) is 0 Å². The van der Waals surface area contributed by atoms with Crippen LogP contribution in [0.15, 0.2) is 23.1 Å². The molecule has 1 aromatic carbocycles. The smallest absolute Gasteiger partial charge is 0.245 e. The van der Waals surface area contributed by atoms with E-state index in [2.05, 4.69) is 0 Å². The van der Waals surface area contributed by atoms with E-state index in [0.29, 0.717) is 31.4 Å². The predicted octanol–water partition coefficient (Wildman–Crippen LogP) is 2.06. The number of halogens is 1. The van der Waals surface area contributed by atoms with Crippen LogP contribution in [-0.2, 0) is 10.0 Å². The van der Waals surface area contributed by atoms with E-state index in [1.165, 1.54) is 16.4 Å². The Kier molecular flexibility index (Phi) is 4.18. The van der Waals surface area contributed by atoms with Crippen molar-refractivity contribution in [2.45, 2.75) is 43.6 Å². The number of nitrogens with zero attached hydrogens (tertiary/aromatic N) is 1. The molecule has 20 heavy (non-hydrogen) atoms. The van der Waals surface area contributed by atoms with Crippen molar-refractivity contribution in [3.63, 3.8) is 0 Å². The maximum absolute atomic E-state index is 13.8. The van der Waals surface area contributed by atoms with Gasteiger partial charge in [0, 0.05) is 13.1 Å². The zero-order chi connectivity index (χ0) is 15.0. The first-order valence-corrected chi connectivity index (χ1v) is 8.15. The topological polar surface area (TPSA) is 57.6 Å². The monoisotopic (exact) mass is 301 g/mol. The van der Waals surface area contributed by atoms with Crippen molar-refractivity contribution < 1.29 is 17.9 Å². The molecule has 0 saturated carbocycles. The first-order chi connectivity index (χ1) is 9.22. The van der Waals surface area contributed by atoms with Gasteiger partial charge in [0.1, 0.15) is 10.7 Å². The summed E-state index contributed by atoms with van der Waals surface area (Å²) in [5.74, 6) is -0.730. The summed E-state index contributed by atoms with van der Waals surface area (Å²) in [5.41, 5.74) is -0.151. The minimum atomic E-state index is -3.84. The second kappa shape index (κ2) is 5.42. The van der Waals surface area contributed by atoms with Crippen LogP contribution in [0, 0.1) is 12.7 Å². The molecule has 1 aliphatic heterocycles. The van der Waals surface area contributed by atoms with Crippen LogP contribution in [0.4, 0.5) is 4.39 Å². The number of aliphatic hydroxyl groups is 1. The van der Waals surface area contributed by atoms with E-state index in [4.69, 9.17) is 0 Å². The van der Waals surface area contributed by atoms with Crippen molar-refractivity contribution in [2.75, 3.05) is 13.1 Å². The Morgan fingerprint density at radius 1 is 1.30 bits per heavy atom. The predicted molar refractivity (Wildman–Crippen MR) is 74.4 cm³/mol. The van der Waals surface area contributed by atoms with Crippen molar-refractivity contribution in [3.8, 4) is 0 Å². The molecule has 1 saturated heterocycles. The number of rotatable bonds is 2. The lowest BCUT2D eigenvalue weighted by Crippen LogP contribution is -2.34. The number of sulfonamides is 1. The third kappa shape index (κ3) is 3.19. The van der Waals surface area contributed by atoms with Crippen LogP contribution in [0.1, 0.15) is 31.7 Å². The molecular formula is C14H20FNO3S. The van der Waals surface area contributed by atoms with Gasteiger partial charge in [0.25, 0.3) is 0 Å². The Balaban J connectivity index is 2.33. The van der Waals surface area contributed by atoms with Crippen LogP contribution in [0.25, 0.3) is 0 Å². The largest absolute Gasteiger partial charge is 0.390 e. The van der Waals surface area contributed by atoms with Crippen molar-refractivity contribution in [1.29, 1.82) is 0 Å².